The normalized spacial score (nSPS) is 11.3. The van der Waals surface area contributed by atoms with Gasteiger partial charge in [-0.15, -0.1) is 0 Å². The molecule has 0 unspecified atom stereocenters. The Labute approximate surface area is 197 Å². The molecule has 6 nitrogen and oxygen atoms in total. The Morgan fingerprint density at radius 1 is 0.941 bits per heavy atom. The van der Waals surface area contributed by atoms with Crippen molar-refractivity contribution in [2.45, 2.75) is 26.4 Å². The van der Waals surface area contributed by atoms with E-state index < -0.39 is 23.3 Å². The van der Waals surface area contributed by atoms with E-state index in [0.29, 0.717) is 11.3 Å². The van der Waals surface area contributed by atoms with E-state index in [1.54, 1.807) is 40.0 Å². The molecule has 1 amide bonds. The van der Waals surface area contributed by atoms with Crippen molar-refractivity contribution < 1.29 is 28.5 Å². The van der Waals surface area contributed by atoms with E-state index in [2.05, 4.69) is 5.32 Å². The smallest absolute Gasteiger partial charge is 0.375 e. The van der Waals surface area contributed by atoms with Crippen molar-refractivity contribution >= 4 is 29.7 Å². The highest BCUT2D eigenvalue weighted by Gasteiger charge is 2.20. The zero-order valence-electron chi connectivity index (χ0n) is 19.4. The van der Waals surface area contributed by atoms with E-state index in [1.165, 1.54) is 30.3 Å². The lowest BCUT2D eigenvalue weighted by Crippen LogP contribution is -2.23. The summed E-state index contributed by atoms with van der Waals surface area (Å²) in [6, 6.07) is 17.5. The summed E-state index contributed by atoms with van der Waals surface area (Å²) in [5, 5.41) is 2.71. The van der Waals surface area contributed by atoms with Crippen LogP contribution in [0.25, 0.3) is 12.2 Å². The second-order valence-electron chi connectivity index (χ2n) is 8.41. The topological polar surface area (TPSA) is 73.9 Å². The monoisotopic (exact) mass is 463 g/mol. The van der Waals surface area contributed by atoms with Gasteiger partial charge in [-0.05, 0) is 68.8 Å². The van der Waals surface area contributed by atoms with Gasteiger partial charge in [-0.1, -0.05) is 36.4 Å². The minimum Gasteiger partial charge on any atom is -0.496 e. The van der Waals surface area contributed by atoms with Gasteiger partial charge >= 0.3 is 5.97 Å². The van der Waals surface area contributed by atoms with Gasteiger partial charge in [-0.3, -0.25) is 9.68 Å². The van der Waals surface area contributed by atoms with Crippen LogP contribution < -0.4 is 10.1 Å². The number of halogens is 1. The van der Waals surface area contributed by atoms with Crippen molar-refractivity contribution in [1.82, 2.24) is 0 Å². The quantitative estimate of drug-likeness (QED) is 0.259. The van der Waals surface area contributed by atoms with Crippen LogP contribution in [0.2, 0.25) is 0 Å². The molecule has 7 heteroatoms. The standard InChI is InChI=1S/C27H26FNO5/c1-27(2,3)34-33-26(31)22-16-10-18(9-11-19-7-5-6-8-24(19)32-4)17-23(22)29-25(30)20-12-14-21(28)15-13-20/h5-17H,1-4H3,(H,29,30)/b11-9+. The third-order valence-corrected chi connectivity index (χ3v) is 4.58. The van der Waals surface area contributed by atoms with Crippen LogP contribution >= 0.6 is 0 Å². The summed E-state index contributed by atoms with van der Waals surface area (Å²) in [6.45, 7) is 5.22. The molecular formula is C27H26FNO5. The lowest BCUT2D eigenvalue weighted by Gasteiger charge is -2.17. The molecule has 0 aliphatic carbocycles. The highest BCUT2D eigenvalue weighted by molar-refractivity contribution is 6.08. The summed E-state index contributed by atoms with van der Waals surface area (Å²) in [5.74, 6) is -1.01. The van der Waals surface area contributed by atoms with Crippen LogP contribution in [0.1, 0.15) is 52.6 Å². The number of hydrogen-bond acceptors (Lipinski definition) is 5. The molecule has 176 valence electrons. The van der Waals surface area contributed by atoms with E-state index in [4.69, 9.17) is 14.5 Å². The van der Waals surface area contributed by atoms with Crippen molar-refractivity contribution in [2.75, 3.05) is 12.4 Å². The number of carbonyl (C=O) groups is 2. The molecule has 0 aliphatic heterocycles. The Kier molecular flexibility index (Phi) is 7.81. The number of amides is 1. The SMILES string of the molecule is COc1ccccc1/C=C/c1ccc(C(=O)OOC(C)(C)C)c(NC(=O)c2ccc(F)cc2)c1. The molecule has 0 atom stereocenters. The van der Waals surface area contributed by atoms with E-state index in [9.17, 15) is 14.0 Å². The number of carbonyl (C=O) groups excluding carboxylic acids is 2. The van der Waals surface area contributed by atoms with Crippen molar-refractivity contribution in [1.29, 1.82) is 0 Å². The molecule has 0 fully saturated rings. The van der Waals surface area contributed by atoms with Gasteiger partial charge in [0, 0.05) is 11.1 Å². The second kappa shape index (κ2) is 10.8. The number of anilines is 1. The van der Waals surface area contributed by atoms with Crippen LogP contribution in [0.4, 0.5) is 10.1 Å². The predicted octanol–water partition coefficient (Wildman–Crippen LogP) is 6.14. The van der Waals surface area contributed by atoms with Crippen molar-refractivity contribution in [3.05, 3.63) is 94.8 Å². The first-order valence-electron chi connectivity index (χ1n) is 10.6. The second-order valence-corrected chi connectivity index (χ2v) is 8.41. The first kappa shape index (κ1) is 24.7. The van der Waals surface area contributed by atoms with Crippen LogP contribution in [0, 0.1) is 5.82 Å². The number of methoxy groups -OCH3 is 1. The van der Waals surface area contributed by atoms with E-state index >= 15 is 0 Å². The van der Waals surface area contributed by atoms with Gasteiger partial charge in [0.1, 0.15) is 17.2 Å². The van der Waals surface area contributed by atoms with Gasteiger partial charge < -0.3 is 10.1 Å². The van der Waals surface area contributed by atoms with Crippen LogP contribution in [0.15, 0.2) is 66.7 Å². The molecule has 0 saturated heterocycles. The highest BCUT2D eigenvalue weighted by Crippen LogP contribution is 2.24. The average molecular weight is 464 g/mol. The molecule has 0 heterocycles. The summed E-state index contributed by atoms with van der Waals surface area (Å²) in [5.41, 5.74) is 1.44. The Morgan fingerprint density at radius 2 is 1.65 bits per heavy atom. The fraction of sp³-hybridized carbons (Fsp3) is 0.185. The highest BCUT2D eigenvalue weighted by atomic mass is 19.1. The van der Waals surface area contributed by atoms with Gasteiger partial charge in [0.15, 0.2) is 0 Å². The number of ether oxygens (including phenoxy) is 1. The van der Waals surface area contributed by atoms with Gasteiger partial charge in [0.25, 0.3) is 5.91 Å². The molecule has 3 rings (SSSR count). The Balaban J connectivity index is 1.92. The Morgan fingerprint density at radius 3 is 2.32 bits per heavy atom. The minimum atomic E-state index is -0.760. The average Bonchev–Trinajstić information content (AvgIpc) is 2.81. The molecule has 34 heavy (non-hydrogen) atoms. The largest absolute Gasteiger partial charge is 0.496 e. The molecule has 3 aromatic rings. The van der Waals surface area contributed by atoms with Gasteiger partial charge in [-0.25, -0.2) is 9.18 Å². The van der Waals surface area contributed by atoms with Gasteiger partial charge in [0.05, 0.1) is 18.4 Å². The van der Waals surface area contributed by atoms with Gasteiger partial charge in [0.2, 0.25) is 0 Å². The summed E-state index contributed by atoms with van der Waals surface area (Å²) in [7, 11) is 1.59. The summed E-state index contributed by atoms with van der Waals surface area (Å²) >= 11 is 0. The molecule has 0 aromatic heterocycles. The number of hydrogen-bond donors (Lipinski definition) is 1. The van der Waals surface area contributed by atoms with Crippen LogP contribution in [-0.2, 0) is 9.78 Å². The molecule has 0 saturated carbocycles. The summed E-state index contributed by atoms with van der Waals surface area (Å²) in [4.78, 5) is 35.5. The van der Waals surface area contributed by atoms with Crippen molar-refractivity contribution in [3.63, 3.8) is 0 Å². The zero-order chi connectivity index (χ0) is 24.7. The third-order valence-electron chi connectivity index (χ3n) is 4.58. The first-order valence-corrected chi connectivity index (χ1v) is 10.6. The zero-order valence-corrected chi connectivity index (χ0v) is 19.4. The number of para-hydroxylation sites is 1. The van der Waals surface area contributed by atoms with Crippen molar-refractivity contribution in [3.8, 4) is 5.75 Å². The maximum absolute atomic E-state index is 13.2. The maximum Gasteiger partial charge on any atom is 0.375 e. The fourth-order valence-electron chi connectivity index (χ4n) is 2.94. The summed E-state index contributed by atoms with van der Waals surface area (Å²) < 4.78 is 18.6. The number of rotatable bonds is 7. The fourth-order valence-corrected chi connectivity index (χ4v) is 2.94. The van der Waals surface area contributed by atoms with E-state index in [0.717, 1.165) is 5.56 Å². The molecule has 0 radical (unpaired) electrons. The maximum atomic E-state index is 13.2. The van der Waals surface area contributed by atoms with E-state index in [1.807, 2.05) is 36.4 Å². The predicted molar refractivity (Wildman–Crippen MR) is 129 cm³/mol. The lowest BCUT2D eigenvalue weighted by atomic mass is 10.1. The van der Waals surface area contributed by atoms with E-state index in [-0.39, 0.29) is 16.8 Å². The van der Waals surface area contributed by atoms with Gasteiger partial charge in [-0.2, -0.15) is 4.89 Å². The third kappa shape index (κ3) is 6.76. The number of benzene rings is 3. The Hall–Kier alpha value is -3.97. The van der Waals surface area contributed by atoms with Crippen LogP contribution in [0.3, 0.4) is 0 Å². The molecule has 3 aromatic carbocycles. The molecule has 0 aliphatic rings. The molecule has 0 spiro atoms. The first-order chi connectivity index (χ1) is 16.2. The Bertz CT molecular complexity index is 1200. The van der Waals surface area contributed by atoms with Crippen molar-refractivity contribution in [2.24, 2.45) is 0 Å². The number of nitrogens with one attached hydrogen (secondary N) is 1. The van der Waals surface area contributed by atoms with Crippen LogP contribution in [0.5, 0.6) is 5.75 Å². The minimum absolute atomic E-state index is 0.106. The molecule has 1 N–H and O–H groups in total. The molecule has 0 bridgehead atoms. The lowest BCUT2D eigenvalue weighted by molar-refractivity contribution is -0.301. The van der Waals surface area contributed by atoms with Crippen LogP contribution in [-0.4, -0.2) is 24.6 Å². The molecular weight excluding hydrogens is 437 g/mol. The summed E-state index contributed by atoms with van der Waals surface area (Å²) in [6.07, 6.45) is 3.69.